The Morgan fingerprint density at radius 2 is 1.75 bits per heavy atom. The Labute approximate surface area is 333 Å². The highest BCUT2D eigenvalue weighted by Crippen LogP contribution is 2.75. The molecule has 3 heterocycles. The van der Waals surface area contributed by atoms with E-state index in [1.807, 2.05) is 11.6 Å². The van der Waals surface area contributed by atoms with Gasteiger partial charge in [-0.15, -0.1) is 0 Å². The second kappa shape index (κ2) is 13.4. The van der Waals surface area contributed by atoms with Gasteiger partial charge >= 0.3 is 11.9 Å². The number of aromatic carboxylic acids is 1. The van der Waals surface area contributed by atoms with E-state index < -0.39 is 34.2 Å². The quantitative estimate of drug-likeness (QED) is 0.211. The summed E-state index contributed by atoms with van der Waals surface area (Å²) < 4.78 is 15.9. The summed E-state index contributed by atoms with van der Waals surface area (Å²) in [5, 5.41) is 25.9. The second-order valence-corrected chi connectivity index (χ2v) is 21.3. The van der Waals surface area contributed by atoms with Gasteiger partial charge in [0.05, 0.1) is 43.4 Å². The van der Waals surface area contributed by atoms with Crippen LogP contribution in [0.4, 0.5) is 0 Å². The molecule has 2 aromatic heterocycles. The van der Waals surface area contributed by atoms with Crippen molar-refractivity contribution in [1.82, 2.24) is 19.7 Å². The first-order valence-electron chi connectivity index (χ1n) is 21.0. The third-order valence-corrected chi connectivity index (χ3v) is 17.5. The number of nitrogens with two attached hydrogens (primary N) is 1. The Hall–Kier alpha value is -3.15. The average molecular weight is 774 g/mol. The molecule has 0 unspecified atom stereocenters. The Morgan fingerprint density at radius 1 is 1.04 bits per heavy atom. The molecule has 4 fully saturated rings. The fourth-order valence-corrected chi connectivity index (χ4v) is 13.0. The average Bonchev–Trinajstić information content (AvgIpc) is 3.60. The van der Waals surface area contributed by atoms with Crippen LogP contribution < -0.4 is 5.73 Å². The summed E-state index contributed by atoms with van der Waals surface area (Å²) in [5.41, 5.74) is 6.40. The first-order valence-corrected chi connectivity index (χ1v) is 21.0. The number of nitrogens with zero attached hydrogens (tertiary/aromatic N) is 4. The summed E-state index contributed by atoms with van der Waals surface area (Å²) >= 11 is 0. The second-order valence-electron chi connectivity index (χ2n) is 21.3. The Bertz CT molecular complexity index is 1900. The van der Waals surface area contributed by atoms with Crippen LogP contribution in [0.2, 0.25) is 0 Å². The van der Waals surface area contributed by atoms with Gasteiger partial charge in [-0.2, -0.15) is 5.10 Å². The predicted octanol–water partition coefficient (Wildman–Crippen LogP) is 8.32. The molecule has 0 radical (unpaired) electrons. The third-order valence-electron chi connectivity index (χ3n) is 17.5. The monoisotopic (exact) mass is 774 g/mol. The van der Waals surface area contributed by atoms with E-state index in [4.69, 9.17) is 25.3 Å². The van der Waals surface area contributed by atoms with Gasteiger partial charge in [0.15, 0.2) is 5.82 Å². The van der Waals surface area contributed by atoms with Crippen molar-refractivity contribution in [3.05, 3.63) is 41.9 Å². The molecule has 3 saturated carbocycles. The maximum Gasteiger partial charge on any atom is 0.335 e. The summed E-state index contributed by atoms with van der Waals surface area (Å²) in [7, 11) is 0. The van der Waals surface area contributed by atoms with Crippen LogP contribution in [0.25, 0.3) is 11.5 Å². The molecule has 2 aromatic rings. The smallest absolute Gasteiger partial charge is 0.335 e. The van der Waals surface area contributed by atoms with Crippen LogP contribution in [0.1, 0.15) is 131 Å². The molecule has 56 heavy (non-hydrogen) atoms. The molecule has 12 atom stereocenters. The topological polar surface area (TPSA) is 163 Å². The number of hydrogen-bond donors (Lipinski definition) is 3. The van der Waals surface area contributed by atoms with E-state index in [-0.39, 0.29) is 57.1 Å². The SMILES string of the molecule is CC(C)[C@@H](C)[C@@]1(C)CC[C@]2(C)[C@H]3CC[C@@H]4[C@@]5(COC[C@@]4(C)[C@@H](OC[C@](C)(N)C(C)(C)C)[C@H](n4ncnc4-c4cc(C(=O)O)ccn4)C5)C3=CC[C@@]2(C)[C@@H]1C(=O)O. The van der Waals surface area contributed by atoms with E-state index >= 15 is 0 Å². The maximum atomic E-state index is 13.6. The van der Waals surface area contributed by atoms with Crippen molar-refractivity contribution >= 4 is 11.9 Å². The summed E-state index contributed by atoms with van der Waals surface area (Å²) in [5.74, 6) is -0.555. The van der Waals surface area contributed by atoms with Gasteiger partial charge in [0, 0.05) is 22.6 Å². The van der Waals surface area contributed by atoms with Crippen molar-refractivity contribution in [2.75, 3.05) is 19.8 Å². The summed E-state index contributed by atoms with van der Waals surface area (Å²) in [6.45, 7) is 25.9. The van der Waals surface area contributed by atoms with Crippen molar-refractivity contribution in [2.24, 2.45) is 67.8 Å². The molecule has 4 N–H and O–H groups in total. The highest BCUT2D eigenvalue weighted by molar-refractivity contribution is 5.88. The molecule has 11 nitrogen and oxygen atoms in total. The largest absolute Gasteiger partial charge is 0.481 e. The van der Waals surface area contributed by atoms with Crippen molar-refractivity contribution in [3.63, 3.8) is 0 Å². The zero-order chi connectivity index (χ0) is 41.0. The normalized spacial score (nSPS) is 39.7. The predicted molar refractivity (Wildman–Crippen MR) is 215 cm³/mol. The summed E-state index contributed by atoms with van der Waals surface area (Å²) in [6.07, 6.45) is 10.4. The first kappa shape index (κ1) is 41.0. The molecule has 7 rings (SSSR count). The highest BCUT2D eigenvalue weighted by Gasteiger charge is 2.72. The minimum atomic E-state index is -1.03. The van der Waals surface area contributed by atoms with Gasteiger partial charge in [0.25, 0.3) is 0 Å². The van der Waals surface area contributed by atoms with Gasteiger partial charge in [-0.25, -0.2) is 14.5 Å². The van der Waals surface area contributed by atoms with Gasteiger partial charge < -0.3 is 25.4 Å². The Kier molecular flexibility index (Phi) is 9.85. The number of hydrogen-bond acceptors (Lipinski definition) is 8. The van der Waals surface area contributed by atoms with Crippen LogP contribution in [0.5, 0.6) is 0 Å². The van der Waals surface area contributed by atoms with Crippen LogP contribution in [-0.4, -0.2) is 73.4 Å². The minimum absolute atomic E-state index is 0.130. The number of allylic oxidation sites excluding steroid dienone is 1. The molecule has 1 aliphatic heterocycles. The molecule has 0 aromatic carbocycles. The number of aliphatic carboxylic acids is 1. The van der Waals surface area contributed by atoms with Gasteiger partial charge in [-0.05, 0) is 103 Å². The third kappa shape index (κ3) is 5.78. The zero-order valence-electron chi connectivity index (χ0n) is 35.7. The van der Waals surface area contributed by atoms with Gasteiger partial charge in [0.2, 0.25) is 0 Å². The van der Waals surface area contributed by atoms with E-state index in [0.717, 1.165) is 25.7 Å². The number of aromatic nitrogens is 4. The number of ether oxygens (including phenoxy) is 2. The van der Waals surface area contributed by atoms with Crippen LogP contribution in [0.15, 0.2) is 36.3 Å². The highest BCUT2D eigenvalue weighted by atomic mass is 16.5. The van der Waals surface area contributed by atoms with Gasteiger partial charge in [0.1, 0.15) is 12.0 Å². The number of rotatable bonds is 9. The van der Waals surface area contributed by atoms with Crippen molar-refractivity contribution in [2.45, 2.75) is 132 Å². The van der Waals surface area contributed by atoms with Crippen LogP contribution >= 0.6 is 0 Å². The molecule has 1 saturated heterocycles. The van der Waals surface area contributed by atoms with Crippen molar-refractivity contribution in [3.8, 4) is 11.5 Å². The molecular weight excluding hydrogens is 707 g/mol. The van der Waals surface area contributed by atoms with E-state index in [1.165, 1.54) is 24.2 Å². The lowest BCUT2D eigenvalue weighted by Crippen LogP contribution is -2.69. The minimum Gasteiger partial charge on any atom is -0.481 e. The fraction of sp³-hybridized carbons (Fsp3) is 0.756. The fourth-order valence-electron chi connectivity index (χ4n) is 13.0. The van der Waals surface area contributed by atoms with Crippen molar-refractivity contribution in [1.29, 1.82) is 0 Å². The lowest BCUT2D eigenvalue weighted by Gasteiger charge is -2.71. The standard InChI is InChI=1S/C45H67N5O6/c1-26(2)27(3)40(7)17-18-42(9)29-12-13-33-41(8)22-55-24-45(33,30(29)14-16-43(42,10)34(40)38(53)54)21-32(35(41)56-23-44(11,46)39(4,5)6)50-36(48-25-49-50)31-20-28(37(51)52)15-19-47-31/h14-15,19-20,25-27,29,32-35H,12-13,16-18,21-24,46H2,1-11H3,(H,51,52)(H,53,54)/t27-,29+,32-,33+,34-,35+,40-,41-,42-,43+,44+,45+/m1/s1. The number of carbonyl (C=O) groups is 2. The van der Waals surface area contributed by atoms with Crippen LogP contribution in [-0.2, 0) is 14.3 Å². The number of fused-ring (bicyclic) bond motifs is 3. The van der Waals surface area contributed by atoms with Crippen LogP contribution in [0.3, 0.4) is 0 Å². The Morgan fingerprint density at radius 3 is 2.39 bits per heavy atom. The van der Waals surface area contributed by atoms with Crippen molar-refractivity contribution < 1.29 is 29.3 Å². The molecule has 0 spiro atoms. The first-order chi connectivity index (χ1) is 26.0. The molecular formula is C45H67N5O6. The number of pyridine rings is 1. The number of carboxylic acids is 2. The van der Waals surface area contributed by atoms with Gasteiger partial charge in [-0.1, -0.05) is 80.9 Å². The van der Waals surface area contributed by atoms with E-state index in [2.05, 4.69) is 80.3 Å². The molecule has 11 heteroatoms. The van der Waals surface area contributed by atoms with Crippen LogP contribution in [0, 0.1) is 62.1 Å². The molecule has 4 aliphatic carbocycles. The lowest BCUT2D eigenvalue weighted by atomic mass is 9.34. The maximum absolute atomic E-state index is 13.6. The van der Waals surface area contributed by atoms with E-state index in [1.54, 1.807) is 6.07 Å². The summed E-state index contributed by atoms with van der Waals surface area (Å²) in [4.78, 5) is 34.9. The molecule has 2 bridgehead atoms. The number of carboxylic acid groups (broad SMARTS) is 2. The van der Waals surface area contributed by atoms with E-state index in [9.17, 15) is 19.8 Å². The molecule has 0 amide bonds. The molecule has 5 aliphatic rings. The molecule has 308 valence electrons. The Balaban J connectivity index is 1.36. The van der Waals surface area contributed by atoms with Gasteiger partial charge in [-0.3, -0.25) is 9.78 Å². The lowest BCUT2D eigenvalue weighted by molar-refractivity contribution is -0.253. The summed E-state index contributed by atoms with van der Waals surface area (Å²) in [6, 6.07) is 2.75. The van der Waals surface area contributed by atoms with E-state index in [0.29, 0.717) is 50.1 Å². The zero-order valence-corrected chi connectivity index (χ0v) is 35.7.